The molecule has 1 aliphatic rings. The third kappa shape index (κ3) is 4.61. The van der Waals surface area contributed by atoms with E-state index in [9.17, 15) is 4.79 Å². The van der Waals surface area contributed by atoms with Crippen molar-refractivity contribution in [2.45, 2.75) is 12.8 Å². The maximum Gasteiger partial charge on any atom is 0.255 e. The van der Waals surface area contributed by atoms with Gasteiger partial charge in [0.15, 0.2) is 0 Å². The van der Waals surface area contributed by atoms with Crippen molar-refractivity contribution in [1.29, 1.82) is 0 Å². The molecule has 29 heavy (non-hydrogen) atoms. The molecule has 4 rings (SSSR count). The maximum absolute atomic E-state index is 12.6. The topological polar surface area (TPSA) is 45.2 Å². The Kier molecular flexibility index (Phi) is 5.54. The molecule has 1 aliphatic carbocycles. The summed E-state index contributed by atoms with van der Waals surface area (Å²) in [5.41, 5.74) is 7.20. The Balaban J connectivity index is 1.46. The molecule has 0 spiro atoms. The van der Waals surface area contributed by atoms with Crippen molar-refractivity contribution < 1.29 is 4.79 Å². The SMILES string of the molecule is CN(C)CC1=Cc2ncc(NC(=O)c3ccc(-c4ccccc4)cc3)cc2CC1. The number of carbonyl (C=O) groups is 1. The van der Waals surface area contributed by atoms with E-state index in [2.05, 4.69) is 47.5 Å². The molecule has 0 bridgehead atoms. The Morgan fingerprint density at radius 1 is 1.00 bits per heavy atom. The molecule has 0 atom stereocenters. The van der Waals surface area contributed by atoms with Gasteiger partial charge in [0.05, 0.1) is 17.6 Å². The van der Waals surface area contributed by atoms with Gasteiger partial charge in [-0.15, -0.1) is 0 Å². The van der Waals surface area contributed by atoms with Crippen molar-refractivity contribution in [1.82, 2.24) is 9.88 Å². The molecule has 0 fully saturated rings. The number of hydrogen-bond donors (Lipinski definition) is 1. The van der Waals surface area contributed by atoms with Crippen molar-refractivity contribution in [2.24, 2.45) is 0 Å². The number of benzene rings is 2. The standard InChI is InChI=1S/C25H25N3O/c1-28(2)17-18-8-9-22-15-23(16-26-24(22)14-18)27-25(29)21-12-10-20(11-13-21)19-6-4-3-5-7-19/h3-7,10-16H,8-9,17H2,1-2H3,(H,27,29). The van der Waals surface area contributed by atoms with Crippen LogP contribution in [0, 0.1) is 0 Å². The first-order valence-electron chi connectivity index (χ1n) is 9.88. The van der Waals surface area contributed by atoms with Crippen molar-refractivity contribution in [3.05, 3.63) is 89.3 Å². The fraction of sp³-hybridized carbons (Fsp3) is 0.200. The summed E-state index contributed by atoms with van der Waals surface area (Å²) in [6, 6.07) is 19.9. The summed E-state index contributed by atoms with van der Waals surface area (Å²) in [4.78, 5) is 19.4. The van der Waals surface area contributed by atoms with E-state index in [-0.39, 0.29) is 5.91 Å². The van der Waals surface area contributed by atoms with Crippen LogP contribution in [0.1, 0.15) is 28.0 Å². The van der Waals surface area contributed by atoms with Crippen LogP contribution in [0.15, 0.2) is 72.4 Å². The highest BCUT2D eigenvalue weighted by atomic mass is 16.1. The Bertz CT molecular complexity index is 1040. The van der Waals surface area contributed by atoms with Crippen LogP contribution < -0.4 is 5.32 Å². The molecule has 4 nitrogen and oxygen atoms in total. The predicted octanol–water partition coefficient (Wildman–Crippen LogP) is 4.89. The van der Waals surface area contributed by atoms with E-state index in [0.29, 0.717) is 5.56 Å². The third-order valence-corrected chi connectivity index (χ3v) is 5.09. The van der Waals surface area contributed by atoms with Gasteiger partial charge in [-0.25, -0.2) is 0 Å². The lowest BCUT2D eigenvalue weighted by atomic mass is 9.95. The summed E-state index contributed by atoms with van der Waals surface area (Å²) >= 11 is 0. The molecule has 1 amide bonds. The fourth-order valence-electron chi connectivity index (χ4n) is 3.66. The molecule has 1 N–H and O–H groups in total. The highest BCUT2D eigenvalue weighted by Crippen LogP contribution is 2.25. The number of aromatic nitrogens is 1. The maximum atomic E-state index is 12.6. The first-order valence-corrected chi connectivity index (χ1v) is 9.88. The monoisotopic (exact) mass is 383 g/mol. The average molecular weight is 383 g/mol. The van der Waals surface area contributed by atoms with Crippen LogP contribution >= 0.6 is 0 Å². The van der Waals surface area contributed by atoms with E-state index in [1.807, 2.05) is 48.5 Å². The molecule has 146 valence electrons. The number of likely N-dealkylation sites (N-methyl/N-ethyl adjacent to an activating group) is 1. The highest BCUT2D eigenvalue weighted by molar-refractivity contribution is 6.04. The van der Waals surface area contributed by atoms with Gasteiger partial charge in [0.25, 0.3) is 5.91 Å². The second-order valence-corrected chi connectivity index (χ2v) is 7.71. The summed E-state index contributed by atoms with van der Waals surface area (Å²) < 4.78 is 0. The van der Waals surface area contributed by atoms with Crippen LogP contribution in [-0.2, 0) is 6.42 Å². The van der Waals surface area contributed by atoms with Crippen LogP contribution in [0.4, 0.5) is 5.69 Å². The first kappa shape index (κ1) is 19.1. The Hall–Kier alpha value is -3.24. The third-order valence-electron chi connectivity index (χ3n) is 5.09. The molecule has 0 aliphatic heterocycles. The minimum Gasteiger partial charge on any atom is -0.321 e. The Labute approximate surface area is 171 Å². The van der Waals surface area contributed by atoms with Gasteiger partial charge >= 0.3 is 0 Å². The Morgan fingerprint density at radius 3 is 2.45 bits per heavy atom. The van der Waals surface area contributed by atoms with Gasteiger partial charge in [0, 0.05) is 12.1 Å². The van der Waals surface area contributed by atoms with Crippen molar-refractivity contribution in [3.8, 4) is 11.1 Å². The van der Waals surface area contributed by atoms with Gasteiger partial charge in [-0.3, -0.25) is 9.78 Å². The van der Waals surface area contributed by atoms with E-state index < -0.39 is 0 Å². The van der Waals surface area contributed by atoms with Crippen LogP contribution in [0.25, 0.3) is 17.2 Å². The van der Waals surface area contributed by atoms with Gasteiger partial charge in [-0.1, -0.05) is 48.0 Å². The van der Waals surface area contributed by atoms with Crippen LogP contribution in [0.2, 0.25) is 0 Å². The number of nitrogens with one attached hydrogen (secondary N) is 1. The number of fused-ring (bicyclic) bond motifs is 1. The van der Waals surface area contributed by atoms with Crippen molar-refractivity contribution >= 4 is 17.7 Å². The number of aryl methyl sites for hydroxylation is 1. The summed E-state index contributed by atoms with van der Waals surface area (Å²) in [6.45, 7) is 0.957. The number of anilines is 1. The second-order valence-electron chi connectivity index (χ2n) is 7.71. The number of nitrogens with zero attached hydrogens (tertiary/aromatic N) is 2. The normalized spacial score (nSPS) is 13.0. The van der Waals surface area contributed by atoms with E-state index >= 15 is 0 Å². The zero-order valence-corrected chi connectivity index (χ0v) is 16.9. The second kappa shape index (κ2) is 8.41. The lowest BCUT2D eigenvalue weighted by Crippen LogP contribution is -2.17. The average Bonchev–Trinajstić information content (AvgIpc) is 2.74. The molecule has 2 aromatic carbocycles. The molecular formula is C25H25N3O. The number of carbonyl (C=O) groups excluding carboxylic acids is 1. The molecule has 0 saturated heterocycles. The highest BCUT2D eigenvalue weighted by Gasteiger charge is 2.14. The van der Waals surface area contributed by atoms with Gasteiger partial charge in [0.1, 0.15) is 0 Å². The number of hydrogen-bond acceptors (Lipinski definition) is 3. The smallest absolute Gasteiger partial charge is 0.255 e. The minimum atomic E-state index is -0.119. The van der Waals surface area contributed by atoms with Crippen molar-refractivity contribution in [3.63, 3.8) is 0 Å². The predicted molar refractivity (Wildman–Crippen MR) is 119 cm³/mol. The zero-order chi connectivity index (χ0) is 20.2. The quantitative estimate of drug-likeness (QED) is 0.682. The largest absolute Gasteiger partial charge is 0.321 e. The van der Waals surface area contributed by atoms with Gasteiger partial charge in [0.2, 0.25) is 0 Å². The molecule has 1 heterocycles. The lowest BCUT2D eigenvalue weighted by molar-refractivity contribution is 0.102. The molecular weight excluding hydrogens is 358 g/mol. The molecule has 3 aromatic rings. The van der Waals surface area contributed by atoms with Gasteiger partial charge in [-0.05, 0) is 67.9 Å². The van der Waals surface area contributed by atoms with E-state index in [4.69, 9.17) is 0 Å². The number of pyridine rings is 1. The lowest BCUT2D eigenvalue weighted by Gasteiger charge is -2.19. The number of amides is 1. The number of rotatable bonds is 5. The van der Waals surface area contributed by atoms with E-state index in [1.54, 1.807) is 6.20 Å². The fourth-order valence-corrected chi connectivity index (χ4v) is 3.66. The molecule has 4 heteroatoms. The zero-order valence-electron chi connectivity index (χ0n) is 16.9. The molecule has 0 unspecified atom stereocenters. The summed E-state index contributed by atoms with van der Waals surface area (Å²) in [5.74, 6) is -0.119. The molecule has 0 saturated carbocycles. The van der Waals surface area contributed by atoms with Crippen LogP contribution in [0.5, 0.6) is 0 Å². The Morgan fingerprint density at radius 2 is 1.72 bits per heavy atom. The van der Waals surface area contributed by atoms with Crippen molar-refractivity contribution in [2.75, 3.05) is 26.0 Å². The van der Waals surface area contributed by atoms with Crippen LogP contribution in [0.3, 0.4) is 0 Å². The summed E-state index contributed by atoms with van der Waals surface area (Å²) in [5, 5.41) is 2.98. The molecule has 0 radical (unpaired) electrons. The minimum absolute atomic E-state index is 0.119. The van der Waals surface area contributed by atoms with E-state index in [0.717, 1.165) is 41.9 Å². The van der Waals surface area contributed by atoms with Crippen LogP contribution in [-0.4, -0.2) is 36.4 Å². The summed E-state index contributed by atoms with van der Waals surface area (Å²) in [6.07, 6.45) is 5.90. The summed E-state index contributed by atoms with van der Waals surface area (Å²) in [7, 11) is 4.16. The molecule has 1 aromatic heterocycles. The van der Waals surface area contributed by atoms with Gasteiger partial charge in [-0.2, -0.15) is 0 Å². The first-order chi connectivity index (χ1) is 14.1. The van der Waals surface area contributed by atoms with E-state index in [1.165, 1.54) is 11.1 Å². The van der Waals surface area contributed by atoms with Gasteiger partial charge < -0.3 is 10.2 Å².